The molecule has 0 radical (unpaired) electrons. The van der Waals surface area contributed by atoms with Crippen molar-refractivity contribution in [2.24, 2.45) is 11.8 Å². The molecule has 1 aromatic heterocycles. The lowest BCUT2D eigenvalue weighted by Crippen LogP contribution is -2.38. The van der Waals surface area contributed by atoms with Gasteiger partial charge >= 0.3 is 0 Å². The van der Waals surface area contributed by atoms with Gasteiger partial charge in [-0.05, 0) is 43.9 Å². The van der Waals surface area contributed by atoms with E-state index in [2.05, 4.69) is 18.0 Å². The van der Waals surface area contributed by atoms with Gasteiger partial charge in [-0.15, -0.1) is 0 Å². The molecule has 0 bridgehead atoms. The van der Waals surface area contributed by atoms with Crippen LogP contribution < -0.4 is 4.90 Å². The smallest absolute Gasteiger partial charge is 0.233 e. The number of likely N-dealkylation sites (tertiary alicyclic amines) is 1. The molecule has 0 spiro atoms. The van der Waals surface area contributed by atoms with Gasteiger partial charge in [-0.3, -0.25) is 24.2 Å². The third kappa shape index (κ3) is 4.00. The summed E-state index contributed by atoms with van der Waals surface area (Å²) in [7, 11) is 0. The topological polar surface area (TPSA) is 70.6 Å². The SMILES string of the molecule is CCCCN(C(=O)CCN1C(=O)[C@H]2CCCC[C@@H]2C1=O)c1nc2ccc(C)cc2s1. The van der Waals surface area contributed by atoms with E-state index in [-0.39, 0.29) is 42.5 Å². The molecule has 1 aromatic carbocycles. The van der Waals surface area contributed by atoms with Crippen molar-refractivity contribution >= 4 is 44.4 Å². The Labute approximate surface area is 181 Å². The van der Waals surface area contributed by atoms with E-state index in [1.807, 2.05) is 19.1 Å². The number of thiazole rings is 1. The largest absolute Gasteiger partial charge is 0.288 e. The number of hydrogen-bond donors (Lipinski definition) is 0. The highest BCUT2D eigenvalue weighted by atomic mass is 32.1. The van der Waals surface area contributed by atoms with E-state index in [1.165, 1.54) is 16.2 Å². The summed E-state index contributed by atoms with van der Waals surface area (Å²) in [6, 6.07) is 6.09. The van der Waals surface area contributed by atoms with Crippen LogP contribution in [0, 0.1) is 18.8 Å². The van der Waals surface area contributed by atoms with Gasteiger partial charge in [0.1, 0.15) is 0 Å². The molecule has 1 aliphatic carbocycles. The second-order valence-electron chi connectivity index (χ2n) is 8.44. The molecule has 6 nitrogen and oxygen atoms in total. The number of carbonyl (C=O) groups is 3. The lowest BCUT2D eigenvalue weighted by atomic mass is 9.81. The van der Waals surface area contributed by atoms with Crippen molar-refractivity contribution in [2.75, 3.05) is 18.0 Å². The van der Waals surface area contributed by atoms with E-state index in [4.69, 9.17) is 0 Å². The van der Waals surface area contributed by atoms with Gasteiger partial charge in [-0.2, -0.15) is 0 Å². The highest BCUT2D eigenvalue weighted by Gasteiger charge is 2.47. The Bertz CT molecular complexity index is 946. The number of anilines is 1. The number of aryl methyl sites for hydroxylation is 1. The van der Waals surface area contributed by atoms with E-state index >= 15 is 0 Å². The van der Waals surface area contributed by atoms with Crippen LogP contribution in [0.25, 0.3) is 10.2 Å². The van der Waals surface area contributed by atoms with E-state index in [9.17, 15) is 14.4 Å². The molecule has 1 aliphatic heterocycles. The molecule has 2 fully saturated rings. The Morgan fingerprint density at radius 2 is 1.90 bits per heavy atom. The lowest BCUT2D eigenvalue weighted by molar-refractivity contribution is -0.140. The van der Waals surface area contributed by atoms with E-state index in [0.29, 0.717) is 11.7 Å². The minimum atomic E-state index is -0.162. The molecule has 1 saturated heterocycles. The van der Waals surface area contributed by atoms with Crippen LogP contribution in [0.1, 0.15) is 57.4 Å². The molecule has 30 heavy (non-hydrogen) atoms. The molecule has 4 rings (SSSR count). The number of nitrogens with zero attached hydrogens (tertiary/aromatic N) is 3. The van der Waals surface area contributed by atoms with Crippen LogP contribution in [0.2, 0.25) is 0 Å². The number of aromatic nitrogens is 1. The van der Waals surface area contributed by atoms with Crippen LogP contribution >= 0.6 is 11.3 Å². The molecular formula is C23H29N3O3S. The monoisotopic (exact) mass is 427 g/mol. The predicted octanol–water partition coefficient (Wildman–Crippen LogP) is 4.30. The van der Waals surface area contributed by atoms with Crippen LogP contribution in [0.3, 0.4) is 0 Å². The first-order valence-electron chi connectivity index (χ1n) is 11.0. The van der Waals surface area contributed by atoms with Crippen molar-refractivity contribution in [3.05, 3.63) is 23.8 Å². The molecular weight excluding hydrogens is 398 g/mol. The highest BCUT2D eigenvalue weighted by Crippen LogP contribution is 2.38. The molecule has 0 unspecified atom stereocenters. The first-order chi connectivity index (χ1) is 14.5. The summed E-state index contributed by atoms with van der Waals surface area (Å²) in [5.41, 5.74) is 2.06. The molecule has 1 saturated carbocycles. The van der Waals surface area contributed by atoms with Crippen LogP contribution in [0.15, 0.2) is 18.2 Å². The van der Waals surface area contributed by atoms with Crippen molar-refractivity contribution in [3.8, 4) is 0 Å². The Morgan fingerprint density at radius 1 is 1.20 bits per heavy atom. The zero-order valence-electron chi connectivity index (χ0n) is 17.7. The minimum Gasteiger partial charge on any atom is -0.288 e. The number of amides is 3. The summed E-state index contributed by atoms with van der Waals surface area (Å²) < 4.78 is 1.06. The van der Waals surface area contributed by atoms with Crippen LogP contribution in [-0.4, -0.2) is 40.7 Å². The van der Waals surface area contributed by atoms with Crippen molar-refractivity contribution in [1.82, 2.24) is 9.88 Å². The average molecular weight is 428 g/mol. The number of hydrogen-bond acceptors (Lipinski definition) is 5. The third-order valence-electron chi connectivity index (χ3n) is 6.28. The second-order valence-corrected chi connectivity index (χ2v) is 9.45. The van der Waals surface area contributed by atoms with Crippen molar-refractivity contribution < 1.29 is 14.4 Å². The Hall–Kier alpha value is -2.28. The number of imide groups is 1. The van der Waals surface area contributed by atoms with Crippen molar-refractivity contribution in [1.29, 1.82) is 0 Å². The maximum absolute atomic E-state index is 13.1. The zero-order chi connectivity index (χ0) is 21.3. The fourth-order valence-electron chi connectivity index (χ4n) is 4.57. The standard InChI is InChI=1S/C23H29N3O3S/c1-3-4-12-25(23-24-18-10-9-15(2)14-19(18)30-23)20(27)11-13-26-21(28)16-7-5-6-8-17(16)22(26)29/h9-10,14,16-17H,3-8,11-13H2,1-2H3/t16-,17-/m0/s1. The van der Waals surface area contributed by atoms with Crippen LogP contribution in [0.5, 0.6) is 0 Å². The van der Waals surface area contributed by atoms with Crippen LogP contribution in [0.4, 0.5) is 5.13 Å². The zero-order valence-corrected chi connectivity index (χ0v) is 18.5. The van der Waals surface area contributed by atoms with Crippen molar-refractivity contribution in [2.45, 2.75) is 58.8 Å². The van der Waals surface area contributed by atoms with Gasteiger partial charge in [0.05, 0.1) is 22.1 Å². The Balaban J connectivity index is 1.48. The first-order valence-corrected chi connectivity index (χ1v) is 11.8. The summed E-state index contributed by atoms with van der Waals surface area (Å²) in [6.45, 7) is 4.91. The number of rotatable bonds is 7. The maximum atomic E-state index is 13.1. The maximum Gasteiger partial charge on any atom is 0.233 e. The highest BCUT2D eigenvalue weighted by molar-refractivity contribution is 7.22. The molecule has 2 atom stereocenters. The van der Waals surface area contributed by atoms with Gasteiger partial charge < -0.3 is 0 Å². The minimum absolute atomic E-state index is 0.0744. The fourth-order valence-corrected chi connectivity index (χ4v) is 5.68. The van der Waals surface area contributed by atoms with Crippen LogP contribution in [-0.2, 0) is 14.4 Å². The Morgan fingerprint density at radius 3 is 2.57 bits per heavy atom. The average Bonchev–Trinajstić information content (AvgIpc) is 3.26. The summed E-state index contributed by atoms with van der Waals surface area (Å²) in [5, 5.41) is 0.696. The molecule has 0 N–H and O–H groups in total. The van der Waals surface area contributed by atoms with Gasteiger partial charge in [0, 0.05) is 19.5 Å². The van der Waals surface area contributed by atoms with Gasteiger partial charge in [0.25, 0.3) is 0 Å². The molecule has 3 amide bonds. The summed E-state index contributed by atoms with van der Waals surface area (Å²) in [6.07, 6.45) is 5.62. The summed E-state index contributed by atoms with van der Waals surface area (Å²) in [5.74, 6) is -0.550. The third-order valence-corrected chi connectivity index (χ3v) is 7.32. The summed E-state index contributed by atoms with van der Waals surface area (Å²) >= 11 is 1.52. The normalized spacial score (nSPS) is 21.3. The van der Waals surface area contributed by atoms with Gasteiger partial charge in [0.2, 0.25) is 17.7 Å². The van der Waals surface area contributed by atoms with Gasteiger partial charge in [-0.25, -0.2) is 4.98 Å². The summed E-state index contributed by atoms with van der Waals surface area (Å²) in [4.78, 5) is 46.3. The predicted molar refractivity (Wildman–Crippen MR) is 118 cm³/mol. The first kappa shape index (κ1) is 21.0. The number of carbonyl (C=O) groups excluding carboxylic acids is 3. The number of benzene rings is 1. The number of unbranched alkanes of at least 4 members (excludes halogenated alkanes) is 1. The van der Waals surface area contributed by atoms with Crippen molar-refractivity contribution in [3.63, 3.8) is 0 Å². The lowest BCUT2D eigenvalue weighted by Gasteiger charge is -2.21. The van der Waals surface area contributed by atoms with E-state index in [1.54, 1.807) is 4.90 Å². The van der Waals surface area contributed by atoms with E-state index < -0.39 is 0 Å². The molecule has 2 heterocycles. The fraction of sp³-hybridized carbons (Fsp3) is 0.565. The van der Waals surface area contributed by atoms with E-state index in [0.717, 1.165) is 54.3 Å². The molecule has 7 heteroatoms. The quantitative estimate of drug-likeness (QED) is 0.618. The van der Waals surface area contributed by atoms with Gasteiger partial charge in [-0.1, -0.05) is 43.6 Å². The molecule has 2 aliphatic rings. The Kier molecular flexibility index (Phi) is 6.18. The second kappa shape index (κ2) is 8.84. The van der Waals surface area contributed by atoms with Gasteiger partial charge in [0.15, 0.2) is 5.13 Å². The molecule has 2 aromatic rings. The molecule has 160 valence electrons. The number of fused-ring (bicyclic) bond motifs is 2.